The second-order valence-electron chi connectivity index (χ2n) is 0. The van der Waals surface area contributed by atoms with Crippen molar-refractivity contribution in [3.8, 4) is 0 Å². The second kappa shape index (κ2) is 267. The van der Waals surface area contributed by atoms with Crippen molar-refractivity contribution in [2.45, 2.75) is 0 Å². The van der Waals surface area contributed by atoms with Crippen LogP contribution in [0, 0.1) is 0 Å². The van der Waals surface area contributed by atoms with Gasteiger partial charge in [-0.3, -0.25) is 0 Å². The topological polar surface area (TPSA) is 120 Å². The summed E-state index contributed by atoms with van der Waals surface area (Å²) >= 11 is 0. The van der Waals surface area contributed by atoms with E-state index >= 15 is 0 Å². The molecule has 0 saturated heterocycles. The summed E-state index contributed by atoms with van der Waals surface area (Å²) < 4.78 is 0. The van der Waals surface area contributed by atoms with Crippen molar-refractivity contribution in [3.05, 3.63) is 0 Å². The number of hydrogen-bond donors (Lipinski definition) is 0. The fourth-order valence-electron chi connectivity index (χ4n) is 0. The van der Waals surface area contributed by atoms with E-state index in [9.17, 15) is 0 Å². The third-order valence-corrected chi connectivity index (χ3v) is 0. The maximum absolute atomic E-state index is 0. The van der Waals surface area contributed by atoms with Crippen molar-refractivity contribution >= 4 is 13.5 Å². The number of rotatable bonds is 0. The summed E-state index contributed by atoms with van der Waals surface area (Å²) in [5, 5.41) is 0. The Labute approximate surface area is 52.5 Å². The molecule has 0 amide bonds. The van der Waals surface area contributed by atoms with E-state index in [1.807, 2.05) is 0 Å². The molecule has 0 rings (SSSR count). The third-order valence-electron chi connectivity index (χ3n) is 0. The van der Waals surface area contributed by atoms with E-state index in [1.165, 1.54) is 0 Å². The molecule has 0 aliphatic rings. The van der Waals surface area contributed by atoms with Gasteiger partial charge in [0.1, 0.15) is 0 Å². The van der Waals surface area contributed by atoms with E-state index in [1.54, 1.807) is 0 Å². The Morgan fingerprint density at radius 1 is 0.500 bits per heavy atom. The monoisotopic (exact) mass is 162 g/mol. The molecule has 0 spiro atoms. The Hall–Kier alpha value is 0.684. The van der Waals surface area contributed by atoms with Crippen LogP contribution in [0.2, 0.25) is 0 Å². The molecule has 48 valence electrons. The molecule has 4 nitrogen and oxygen atoms in total. The molecule has 6 heavy (non-hydrogen) atoms. The van der Waals surface area contributed by atoms with Crippen LogP contribution in [0.4, 0.5) is 0 Å². The standard InChI is InChI=1S/Ni.4H2O.H4S/h;4*1H2;1H4/q+2;;;;;+2/p-4. The molecule has 0 aliphatic carbocycles. The van der Waals surface area contributed by atoms with Crippen LogP contribution in [0.15, 0.2) is 0 Å². The predicted molar refractivity (Wildman–Crippen MR) is 20.7 cm³/mol. The maximum Gasteiger partial charge on any atom is 2.00 e. The summed E-state index contributed by atoms with van der Waals surface area (Å²) in [6, 6.07) is 0. The van der Waals surface area contributed by atoms with Crippen LogP contribution in [0.25, 0.3) is 0 Å². The average molecular weight is 163 g/mol. The molecular formula is H8NiO4S. The zero-order valence-electron chi connectivity index (χ0n) is 2.81. The first kappa shape index (κ1) is 462. The first-order valence-corrected chi connectivity index (χ1v) is 0. The van der Waals surface area contributed by atoms with Crippen molar-refractivity contribution in [2.75, 3.05) is 0 Å². The van der Waals surface area contributed by atoms with Gasteiger partial charge >= 0.3 is 16.5 Å². The zero-order chi connectivity index (χ0) is 0. The van der Waals surface area contributed by atoms with Gasteiger partial charge in [-0.15, -0.1) is 0 Å². The van der Waals surface area contributed by atoms with E-state index in [-0.39, 0.29) is 51.9 Å². The zero-order valence-corrected chi connectivity index (χ0v) is 5.21. The van der Waals surface area contributed by atoms with E-state index in [0.29, 0.717) is 0 Å². The summed E-state index contributed by atoms with van der Waals surface area (Å²) in [4.78, 5) is 0. The third kappa shape index (κ3) is 136. The van der Waals surface area contributed by atoms with Gasteiger partial charge in [-0.1, -0.05) is 0 Å². The molecule has 0 bridgehead atoms. The van der Waals surface area contributed by atoms with Gasteiger partial charge < -0.3 is 21.9 Å². The van der Waals surface area contributed by atoms with Crippen molar-refractivity contribution in [1.29, 1.82) is 0 Å². The van der Waals surface area contributed by atoms with E-state index in [4.69, 9.17) is 0 Å². The second-order valence-corrected chi connectivity index (χ2v) is 0. The summed E-state index contributed by atoms with van der Waals surface area (Å²) in [7, 11) is 0. The van der Waals surface area contributed by atoms with Gasteiger partial charge in [0, 0.05) is 0 Å². The molecular weight excluding hydrogens is 155 g/mol. The molecule has 0 fully saturated rings. The van der Waals surface area contributed by atoms with Crippen LogP contribution < -0.4 is 0 Å². The Kier molecular flexibility index (Phi) is 20600. The van der Waals surface area contributed by atoms with Gasteiger partial charge in [-0.2, -0.15) is 0 Å². The molecule has 0 aromatic heterocycles. The van der Waals surface area contributed by atoms with Crippen LogP contribution in [-0.2, 0) is 30.0 Å². The molecule has 0 aromatic carbocycles. The van der Waals surface area contributed by atoms with E-state index < -0.39 is 0 Å². The average Bonchev–Trinajstić information content (AvgIpc) is 0. The quantitative estimate of drug-likeness (QED) is 0.391. The van der Waals surface area contributed by atoms with Gasteiger partial charge in [0.25, 0.3) is 0 Å². The first-order valence-electron chi connectivity index (χ1n) is 0. The van der Waals surface area contributed by atoms with Gasteiger partial charge in [-0.05, 0) is 0 Å². The predicted octanol–water partition coefficient (Wildman–Crippen LogP) is -1.78. The Balaban J connectivity index is 0. The maximum atomic E-state index is 0. The van der Waals surface area contributed by atoms with Gasteiger partial charge in [0.15, 0.2) is 0 Å². The normalized spacial score (nSPS) is 0. The van der Waals surface area contributed by atoms with Crippen molar-refractivity contribution in [3.63, 3.8) is 0 Å². The molecule has 0 atom stereocenters. The Bertz CT molecular complexity index is 7.51. The van der Waals surface area contributed by atoms with Crippen molar-refractivity contribution in [1.82, 2.24) is 0 Å². The molecule has 0 heterocycles. The van der Waals surface area contributed by atoms with E-state index in [0.717, 1.165) is 0 Å². The largest absolute Gasteiger partial charge is 2.00 e. The van der Waals surface area contributed by atoms with E-state index in [2.05, 4.69) is 0 Å². The molecule has 0 aromatic rings. The van der Waals surface area contributed by atoms with Crippen LogP contribution >= 0.6 is 0 Å². The minimum Gasteiger partial charge on any atom is -0.870 e. The minimum absolute atomic E-state index is 0. The molecule has 4 N–H and O–H groups in total. The smallest absolute Gasteiger partial charge is 0.870 e. The fourth-order valence-corrected chi connectivity index (χ4v) is 0. The Morgan fingerprint density at radius 3 is 0.500 bits per heavy atom. The SMILES string of the molecule is [Ni+2].[OH-].[OH-].[OH-].[OH-].[SH4+2]. The molecule has 0 radical (unpaired) electrons. The summed E-state index contributed by atoms with van der Waals surface area (Å²) in [5.41, 5.74) is 0. The molecule has 0 unspecified atom stereocenters. The fraction of sp³-hybridized carbons (Fsp3) is 0. The molecule has 0 saturated carbocycles. The van der Waals surface area contributed by atoms with Gasteiger partial charge in [0.05, 0.1) is 0 Å². The van der Waals surface area contributed by atoms with Crippen LogP contribution in [-0.4, -0.2) is 21.9 Å². The van der Waals surface area contributed by atoms with Gasteiger partial charge in [0.2, 0.25) is 0 Å². The summed E-state index contributed by atoms with van der Waals surface area (Å²) in [6.07, 6.45) is 0. The van der Waals surface area contributed by atoms with Crippen LogP contribution in [0.5, 0.6) is 0 Å². The number of hydrogen-bond acceptors (Lipinski definition) is 4. The first-order chi connectivity index (χ1) is 0. The molecule has 0 aliphatic heterocycles. The van der Waals surface area contributed by atoms with Crippen molar-refractivity contribution in [2.24, 2.45) is 0 Å². The summed E-state index contributed by atoms with van der Waals surface area (Å²) in [6.45, 7) is 0. The van der Waals surface area contributed by atoms with Gasteiger partial charge in [-0.25, -0.2) is 13.5 Å². The minimum atomic E-state index is 0. The van der Waals surface area contributed by atoms with Crippen LogP contribution in [0.3, 0.4) is 0 Å². The van der Waals surface area contributed by atoms with Crippen molar-refractivity contribution < 1.29 is 38.4 Å². The Morgan fingerprint density at radius 2 is 0.500 bits per heavy atom. The molecule has 6 heteroatoms. The van der Waals surface area contributed by atoms with Crippen LogP contribution in [0.1, 0.15) is 0 Å². The summed E-state index contributed by atoms with van der Waals surface area (Å²) in [5.74, 6) is 0.